The third-order valence-electron chi connectivity index (χ3n) is 4.67. The zero-order valence-corrected chi connectivity index (χ0v) is 16.0. The lowest BCUT2D eigenvalue weighted by atomic mass is 10.2. The zero-order valence-electron chi connectivity index (χ0n) is 16.0. The second kappa shape index (κ2) is 7.07. The fraction of sp³-hybridized carbons (Fsp3) is 0.286. The maximum Gasteiger partial charge on any atom is 0.253 e. The molecule has 28 heavy (non-hydrogen) atoms. The van der Waals surface area contributed by atoms with Crippen LogP contribution >= 0.6 is 0 Å². The fourth-order valence-corrected chi connectivity index (χ4v) is 3.07. The molecule has 2 aromatic heterocycles. The van der Waals surface area contributed by atoms with Gasteiger partial charge in [-0.1, -0.05) is 13.8 Å². The van der Waals surface area contributed by atoms with E-state index < -0.39 is 0 Å². The van der Waals surface area contributed by atoms with Gasteiger partial charge in [-0.2, -0.15) is 0 Å². The first-order valence-corrected chi connectivity index (χ1v) is 9.21. The van der Waals surface area contributed by atoms with Crippen molar-refractivity contribution >= 4 is 28.0 Å². The van der Waals surface area contributed by atoms with Crippen LogP contribution in [0.1, 0.15) is 41.8 Å². The summed E-state index contributed by atoms with van der Waals surface area (Å²) < 4.78 is 19.0. The first-order chi connectivity index (χ1) is 13.4. The molecule has 6 nitrogen and oxygen atoms in total. The second-order valence-corrected chi connectivity index (χ2v) is 7.21. The van der Waals surface area contributed by atoms with Gasteiger partial charge in [-0.3, -0.25) is 4.79 Å². The molecule has 4 aromatic rings. The Labute approximate surface area is 161 Å². The molecule has 0 spiro atoms. The van der Waals surface area contributed by atoms with Crippen molar-refractivity contribution in [3.8, 4) is 0 Å². The lowest BCUT2D eigenvalue weighted by Crippen LogP contribution is -2.29. The van der Waals surface area contributed by atoms with Crippen LogP contribution in [0.2, 0.25) is 0 Å². The number of hydrogen-bond donors (Lipinski definition) is 1. The molecule has 7 heteroatoms. The summed E-state index contributed by atoms with van der Waals surface area (Å²) in [6, 6.07) is 9.72. The van der Waals surface area contributed by atoms with E-state index in [1.54, 1.807) is 36.2 Å². The second-order valence-electron chi connectivity index (χ2n) is 7.21. The van der Waals surface area contributed by atoms with E-state index in [2.05, 4.69) is 15.0 Å². The number of aromatic amines is 1. The number of oxazole rings is 1. The van der Waals surface area contributed by atoms with Crippen LogP contribution in [0.4, 0.5) is 4.39 Å². The summed E-state index contributed by atoms with van der Waals surface area (Å²) in [5.41, 5.74) is 3.29. The highest BCUT2D eigenvalue weighted by molar-refractivity contribution is 5.97. The van der Waals surface area contributed by atoms with E-state index in [-0.39, 0.29) is 17.6 Å². The largest absolute Gasteiger partial charge is 0.440 e. The van der Waals surface area contributed by atoms with Crippen molar-refractivity contribution in [3.05, 3.63) is 59.5 Å². The van der Waals surface area contributed by atoms with Crippen LogP contribution in [-0.2, 0) is 6.42 Å². The van der Waals surface area contributed by atoms with E-state index in [0.717, 1.165) is 0 Å². The number of aromatic nitrogens is 3. The molecule has 0 radical (unpaired) electrons. The van der Waals surface area contributed by atoms with Gasteiger partial charge in [0, 0.05) is 31.5 Å². The topological polar surface area (TPSA) is 75.0 Å². The highest BCUT2D eigenvalue weighted by atomic mass is 19.1. The molecule has 0 aliphatic rings. The van der Waals surface area contributed by atoms with Gasteiger partial charge >= 0.3 is 0 Å². The number of hydrogen-bond acceptors (Lipinski definition) is 4. The average molecular weight is 380 g/mol. The number of likely N-dealkylation sites (N-methyl/N-ethyl adjacent to an activating group) is 1. The number of carbonyl (C=O) groups excluding carboxylic acids is 1. The standard InChI is InChI=1S/C21H21FN4O2/c1-12(2)20-25-17-10-13(4-7-18(17)28-20)21(27)26(3)9-8-19-23-15-6-5-14(22)11-16(15)24-19/h4-7,10-12H,8-9H2,1-3H3,(H,23,24). The average Bonchev–Trinajstić information content (AvgIpc) is 3.28. The van der Waals surface area contributed by atoms with Crippen LogP contribution in [0, 0.1) is 5.82 Å². The van der Waals surface area contributed by atoms with E-state index in [1.165, 1.54) is 12.1 Å². The van der Waals surface area contributed by atoms with Crippen molar-refractivity contribution in [3.63, 3.8) is 0 Å². The third-order valence-corrected chi connectivity index (χ3v) is 4.67. The van der Waals surface area contributed by atoms with E-state index >= 15 is 0 Å². The zero-order chi connectivity index (χ0) is 19.8. The van der Waals surface area contributed by atoms with Gasteiger partial charge in [0.1, 0.15) is 17.2 Å². The van der Waals surface area contributed by atoms with Crippen molar-refractivity contribution in [1.82, 2.24) is 19.9 Å². The first-order valence-electron chi connectivity index (χ1n) is 9.21. The van der Waals surface area contributed by atoms with Gasteiger partial charge in [0.05, 0.1) is 11.0 Å². The van der Waals surface area contributed by atoms with Crippen LogP contribution in [0.5, 0.6) is 0 Å². The molecule has 0 bridgehead atoms. The number of benzene rings is 2. The molecule has 0 saturated carbocycles. The number of H-pyrrole nitrogens is 1. The maximum atomic E-state index is 13.3. The van der Waals surface area contributed by atoms with Gasteiger partial charge in [0.15, 0.2) is 11.5 Å². The van der Waals surface area contributed by atoms with Crippen molar-refractivity contribution in [2.75, 3.05) is 13.6 Å². The van der Waals surface area contributed by atoms with Crippen molar-refractivity contribution < 1.29 is 13.6 Å². The molecule has 0 aliphatic carbocycles. The van der Waals surface area contributed by atoms with Crippen LogP contribution in [0.25, 0.3) is 22.1 Å². The van der Waals surface area contributed by atoms with Crippen LogP contribution in [-0.4, -0.2) is 39.4 Å². The maximum absolute atomic E-state index is 13.3. The molecule has 2 heterocycles. The fourth-order valence-electron chi connectivity index (χ4n) is 3.07. The molecule has 144 valence electrons. The third kappa shape index (κ3) is 3.47. The number of amides is 1. The summed E-state index contributed by atoms with van der Waals surface area (Å²) in [5, 5.41) is 0. The van der Waals surface area contributed by atoms with E-state index in [0.29, 0.717) is 52.4 Å². The molecule has 0 atom stereocenters. The monoisotopic (exact) mass is 380 g/mol. The molecular formula is C21H21FN4O2. The molecule has 0 unspecified atom stereocenters. The lowest BCUT2D eigenvalue weighted by molar-refractivity contribution is 0.0796. The van der Waals surface area contributed by atoms with Gasteiger partial charge in [0.25, 0.3) is 5.91 Å². The first kappa shape index (κ1) is 18.2. The Balaban J connectivity index is 1.47. The summed E-state index contributed by atoms with van der Waals surface area (Å²) in [5.74, 6) is 1.16. The number of halogens is 1. The quantitative estimate of drug-likeness (QED) is 0.561. The minimum absolute atomic E-state index is 0.0989. The van der Waals surface area contributed by atoms with Crippen LogP contribution < -0.4 is 0 Å². The van der Waals surface area contributed by atoms with Gasteiger partial charge in [0.2, 0.25) is 0 Å². The summed E-state index contributed by atoms with van der Waals surface area (Å²) >= 11 is 0. The Bertz CT molecular complexity index is 1160. The Morgan fingerprint density at radius 1 is 1.18 bits per heavy atom. The highest BCUT2D eigenvalue weighted by Crippen LogP contribution is 2.22. The van der Waals surface area contributed by atoms with Crippen molar-refractivity contribution in [2.45, 2.75) is 26.2 Å². The molecule has 0 fully saturated rings. The molecule has 1 N–H and O–H groups in total. The van der Waals surface area contributed by atoms with Crippen molar-refractivity contribution in [2.24, 2.45) is 0 Å². The van der Waals surface area contributed by atoms with E-state index in [1.807, 2.05) is 13.8 Å². The van der Waals surface area contributed by atoms with Crippen LogP contribution in [0.3, 0.4) is 0 Å². The van der Waals surface area contributed by atoms with E-state index in [9.17, 15) is 9.18 Å². The summed E-state index contributed by atoms with van der Waals surface area (Å²) in [6.45, 7) is 4.50. The van der Waals surface area contributed by atoms with Gasteiger partial charge in [-0.05, 0) is 36.4 Å². The van der Waals surface area contributed by atoms with Gasteiger partial charge < -0.3 is 14.3 Å². The summed E-state index contributed by atoms with van der Waals surface area (Å²) in [6.07, 6.45) is 0.544. The number of nitrogens with zero attached hydrogens (tertiary/aromatic N) is 3. The minimum Gasteiger partial charge on any atom is -0.440 e. The molecule has 2 aromatic carbocycles. The summed E-state index contributed by atoms with van der Waals surface area (Å²) in [7, 11) is 1.75. The molecule has 1 amide bonds. The molecule has 4 rings (SSSR count). The number of imidazole rings is 1. The number of fused-ring (bicyclic) bond motifs is 2. The number of rotatable bonds is 5. The van der Waals surface area contributed by atoms with Gasteiger partial charge in [-0.25, -0.2) is 14.4 Å². The SMILES string of the molecule is CC(C)c1nc2cc(C(=O)N(C)CCc3nc4ccc(F)cc4[nH]3)ccc2o1. The Hall–Kier alpha value is -3.22. The molecule has 0 saturated heterocycles. The minimum atomic E-state index is -0.307. The Kier molecular flexibility index (Phi) is 4.58. The predicted molar refractivity (Wildman–Crippen MR) is 105 cm³/mol. The smallest absolute Gasteiger partial charge is 0.253 e. The highest BCUT2D eigenvalue weighted by Gasteiger charge is 2.16. The number of nitrogens with one attached hydrogen (secondary N) is 1. The van der Waals surface area contributed by atoms with Crippen molar-refractivity contribution in [1.29, 1.82) is 0 Å². The van der Waals surface area contributed by atoms with Crippen LogP contribution in [0.15, 0.2) is 40.8 Å². The normalized spacial score (nSPS) is 11.6. The molecule has 0 aliphatic heterocycles. The summed E-state index contributed by atoms with van der Waals surface area (Å²) in [4.78, 5) is 26.4. The lowest BCUT2D eigenvalue weighted by Gasteiger charge is -2.16. The Morgan fingerprint density at radius 2 is 2.00 bits per heavy atom. The van der Waals surface area contributed by atoms with E-state index in [4.69, 9.17) is 4.42 Å². The Morgan fingerprint density at radius 3 is 2.79 bits per heavy atom. The predicted octanol–water partition coefficient (Wildman–Crippen LogP) is 4.28. The molecular weight excluding hydrogens is 359 g/mol. The van der Waals surface area contributed by atoms with Gasteiger partial charge in [-0.15, -0.1) is 0 Å². The number of carbonyl (C=O) groups is 1.